The van der Waals surface area contributed by atoms with Crippen molar-refractivity contribution >= 4 is 5.69 Å². The number of aryl methyl sites for hydroxylation is 1. The summed E-state index contributed by atoms with van der Waals surface area (Å²) in [5.74, 6) is 0. The molecule has 0 saturated heterocycles. The lowest BCUT2D eigenvalue weighted by Crippen LogP contribution is -1.85. The first-order valence-electron chi connectivity index (χ1n) is 2.95. The Morgan fingerprint density at radius 2 is 1.80 bits per heavy atom. The minimum atomic E-state index is 0.0967. The molecule has 0 amide bonds. The van der Waals surface area contributed by atoms with Gasteiger partial charge in [0.05, 0.1) is 0 Å². The first kappa shape index (κ1) is 6.74. The third-order valence-corrected chi connectivity index (χ3v) is 1.27. The Bertz CT molecular complexity index is 240. The van der Waals surface area contributed by atoms with Gasteiger partial charge in [-0.25, -0.2) is 0 Å². The maximum absolute atomic E-state index is 10.3. The summed E-state index contributed by atoms with van der Waals surface area (Å²) in [7, 11) is 0. The zero-order valence-electron chi connectivity index (χ0n) is 5.66. The zero-order chi connectivity index (χ0) is 7.56. The molecule has 0 atom stereocenters. The van der Waals surface area contributed by atoms with Crippen molar-refractivity contribution in [3.8, 4) is 0 Å². The Morgan fingerprint density at radius 1 is 1.30 bits per heavy atom. The third kappa shape index (κ3) is 1.31. The molecule has 0 aliphatic heterocycles. The summed E-state index contributed by atoms with van der Waals surface area (Å²) in [5, 5.41) is 10.3. The van der Waals surface area contributed by atoms with Gasteiger partial charge < -0.3 is 5.21 Å². The van der Waals surface area contributed by atoms with Crippen LogP contribution in [-0.4, -0.2) is 4.86 Å². The Labute approximate surface area is 59.0 Å². The van der Waals surface area contributed by atoms with E-state index in [0.29, 0.717) is 5.69 Å². The number of rotatable bonds is 1. The Hall–Kier alpha value is -1.38. The lowest BCUT2D eigenvalue weighted by Gasteiger charge is -1.95. The Morgan fingerprint density at radius 3 is 2.20 bits per heavy atom. The summed E-state index contributed by atoms with van der Waals surface area (Å²) in [6, 6.07) is 6.84. The number of nitrogens with one attached hydrogen (secondary N) is 1. The molecule has 0 radical (unpaired) electrons. The van der Waals surface area contributed by atoms with Crippen molar-refractivity contribution in [3.63, 3.8) is 0 Å². The first-order chi connectivity index (χ1) is 4.70. The summed E-state index contributed by atoms with van der Waals surface area (Å²) in [6.07, 6.45) is 0. The molecule has 1 aromatic rings. The van der Waals surface area contributed by atoms with Crippen LogP contribution < -0.4 is 0 Å². The van der Waals surface area contributed by atoms with Crippen LogP contribution >= 0.6 is 0 Å². The molecule has 0 saturated carbocycles. The van der Waals surface area contributed by atoms with E-state index in [-0.39, 0.29) is 4.86 Å². The molecule has 10 heavy (non-hydrogen) atoms. The molecule has 0 spiro atoms. The smallest absolute Gasteiger partial charge is 0.244 e. The minimum absolute atomic E-state index is 0.0967. The molecule has 0 unspecified atom stereocenters. The van der Waals surface area contributed by atoms with Gasteiger partial charge >= 0.3 is 0 Å². The highest BCUT2D eigenvalue weighted by atomic mass is 16.5. The SMILES string of the molecule is Cc1ccc([N+](=N)[O-])cc1. The standard InChI is InChI=1S/C7H8N2O/c1-6-2-4-7(5-3-6)9(8)10/h2-5,8H,1H3. The zero-order valence-corrected chi connectivity index (χ0v) is 5.66. The summed E-state index contributed by atoms with van der Waals surface area (Å²) in [4.78, 5) is 0.0967. The second-order valence-electron chi connectivity index (χ2n) is 2.13. The van der Waals surface area contributed by atoms with Crippen molar-refractivity contribution in [2.75, 3.05) is 0 Å². The van der Waals surface area contributed by atoms with Crippen molar-refractivity contribution in [2.45, 2.75) is 6.92 Å². The van der Waals surface area contributed by atoms with Crippen LogP contribution in [-0.2, 0) is 0 Å². The Kier molecular flexibility index (Phi) is 1.67. The molecule has 0 aromatic heterocycles. The van der Waals surface area contributed by atoms with E-state index < -0.39 is 0 Å². The van der Waals surface area contributed by atoms with Crippen LogP contribution in [0.2, 0.25) is 0 Å². The quantitative estimate of drug-likeness (QED) is 0.359. The van der Waals surface area contributed by atoms with E-state index in [1.165, 1.54) is 0 Å². The topological polar surface area (TPSA) is 49.9 Å². The number of nitrogens with zero attached hydrogens (tertiary/aromatic N) is 1. The van der Waals surface area contributed by atoms with E-state index in [2.05, 4.69) is 0 Å². The molecule has 1 rings (SSSR count). The van der Waals surface area contributed by atoms with Crippen LogP contribution in [0.4, 0.5) is 5.69 Å². The van der Waals surface area contributed by atoms with Crippen molar-refractivity contribution in [2.24, 2.45) is 0 Å². The molecular formula is C7H8N2O. The highest BCUT2D eigenvalue weighted by Crippen LogP contribution is 2.10. The van der Waals surface area contributed by atoms with Crippen LogP contribution in [0.15, 0.2) is 24.3 Å². The molecule has 0 heterocycles. The fraction of sp³-hybridized carbons (Fsp3) is 0.143. The average molecular weight is 136 g/mol. The monoisotopic (exact) mass is 136 g/mol. The summed E-state index contributed by atoms with van der Waals surface area (Å²) in [5.41, 5.74) is 8.12. The van der Waals surface area contributed by atoms with Crippen molar-refractivity contribution in [1.82, 2.24) is 0 Å². The maximum atomic E-state index is 10.3. The predicted octanol–water partition coefficient (Wildman–Crippen LogP) is 2.17. The second-order valence-corrected chi connectivity index (χ2v) is 2.13. The van der Waals surface area contributed by atoms with Gasteiger partial charge in [0.2, 0.25) is 5.69 Å². The van der Waals surface area contributed by atoms with Gasteiger partial charge in [-0.05, 0) is 12.5 Å². The second kappa shape index (κ2) is 2.47. The summed E-state index contributed by atoms with van der Waals surface area (Å²) < 4.78 is 0. The molecule has 52 valence electrons. The molecule has 1 aromatic carbocycles. The normalized spacial score (nSPS) is 9.30. The predicted molar refractivity (Wildman–Crippen MR) is 37.2 cm³/mol. The highest BCUT2D eigenvalue weighted by molar-refractivity contribution is 5.31. The van der Waals surface area contributed by atoms with Crippen LogP contribution in [0.5, 0.6) is 0 Å². The maximum Gasteiger partial charge on any atom is 0.244 e. The van der Waals surface area contributed by atoms with Gasteiger partial charge in [0.25, 0.3) is 0 Å². The van der Waals surface area contributed by atoms with Crippen molar-refractivity contribution < 1.29 is 4.86 Å². The summed E-state index contributed by atoms with van der Waals surface area (Å²) in [6.45, 7) is 1.93. The lowest BCUT2D eigenvalue weighted by atomic mass is 10.2. The molecule has 3 nitrogen and oxygen atoms in total. The molecule has 0 bridgehead atoms. The van der Waals surface area contributed by atoms with E-state index in [1.807, 2.05) is 6.92 Å². The van der Waals surface area contributed by atoms with E-state index in [9.17, 15) is 5.21 Å². The number of hydrogen-bond acceptors (Lipinski definition) is 2. The van der Waals surface area contributed by atoms with E-state index >= 15 is 0 Å². The molecule has 3 heteroatoms. The Balaban J connectivity index is 3.00. The molecule has 0 fully saturated rings. The van der Waals surface area contributed by atoms with E-state index in [1.54, 1.807) is 24.3 Å². The van der Waals surface area contributed by atoms with Crippen molar-refractivity contribution in [3.05, 3.63) is 35.0 Å². The van der Waals surface area contributed by atoms with Crippen LogP contribution in [0.3, 0.4) is 0 Å². The van der Waals surface area contributed by atoms with Gasteiger partial charge in [-0.1, -0.05) is 22.6 Å². The van der Waals surface area contributed by atoms with Gasteiger partial charge in [0.15, 0.2) is 0 Å². The number of hydrogen-bond donors (Lipinski definition) is 1. The van der Waals surface area contributed by atoms with E-state index in [4.69, 9.17) is 5.53 Å². The fourth-order valence-corrected chi connectivity index (χ4v) is 0.680. The lowest BCUT2D eigenvalue weighted by molar-refractivity contribution is -0.465. The first-order valence-corrected chi connectivity index (χ1v) is 2.95. The molecular weight excluding hydrogens is 128 g/mol. The highest BCUT2D eigenvalue weighted by Gasteiger charge is 1.96. The third-order valence-electron chi connectivity index (χ3n) is 1.27. The van der Waals surface area contributed by atoms with Gasteiger partial charge in [0.1, 0.15) is 0 Å². The van der Waals surface area contributed by atoms with Crippen LogP contribution in [0, 0.1) is 17.7 Å². The van der Waals surface area contributed by atoms with E-state index in [0.717, 1.165) is 5.56 Å². The summed E-state index contributed by atoms with van der Waals surface area (Å²) >= 11 is 0. The molecule has 0 aliphatic rings. The van der Waals surface area contributed by atoms with Crippen LogP contribution in [0.1, 0.15) is 5.56 Å². The van der Waals surface area contributed by atoms with Gasteiger partial charge in [-0.15, -0.1) is 0 Å². The van der Waals surface area contributed by atoms with Gasteiger partial charge in [-0.3, -0.25) is 0 Å². The van der Waals surface area contributed by atoms with Crippen molar-refractivity contribution in [1.29, 1.82) is 5.53 Å². The van der Waals surface area contributed by atoms with Gasteiger partial charge in [-0.2, -0.15) is 0 Å². The van der Waals surface area contributed by atoms with Crippen LogP contribution in [0.25, 0.3) is 0 Å². The molecule has 1 N–H and O–H groups in total. The minimum Gasteiger partial charge on any atom is -0.594 e. The van der Waals surface area contributed by atoms with Gasteiger partial charge in [0, 0.05) is 12.1 Å². The molecule has 0 aliphatic carbocycles. The largest absolute Gasteiger partial charge is 0.594 e. The average Bonchev–Trinajstić information content (AvgIpc) is 1.88. The number of benzene rings is 1. The fourth-order valence-electron chi connectivity index (χ4n) is 0.680.